The highest BCUT2D eigenvalue weighted by Gasteiger charge is 2.17. The number of morpholine rings is 1. The van der Waals surface area contributed by atoms with Crippen LogP contribution in [0.4, 0.5) is 0 Å². The van der Waals surface area contributed by atoms with Crippen LogP contribution in [0.5, 0.6) is 0 Å². The van der Waals surface area contributed by atoms with E-state index < -0.39 is 0 Å². The third-order valence-corrected chi connectivity index (χ3v) is 3.76. The molecule has 3 rings (SSSR count). The van der Waals surface area contributed by atoms with E-state index in [0.29, 0.717) is 24.9 Å². The lowest BCUT2D eigenvalue weighted by Gasteiger charge is -2.31. The Morgan fingerprint density at radius 3 is 2.70 bits per heavy atom. The molecule has 6 nitrogen and oxygen atoms in total. The highest BCUT2D eigenvalue weighted by atomic mass is 16.5. The lowest BCUT2D eigenvalue weighted by Crippen LogP contribution is -2.47. The van der Waals surface area contributed by atoms with Crippen LogP contribution in [0.25, 0.3) is 11.1 Å². The summed E-state index contributed by atoms with van der Waals surface area (Å²) in [4.78, 5) is 15.2. The van der Waals surface area contributed by atoms with E-state index in [-0.39, 0.29) is 6.10 Å². The summed E-state index contributed by atoms with van der Waals surface area (Å²) in [6.45, 7) is 4.63. The number of benzene rings is 1. The lowest BCUT2D eigenvalue weighted by atomic mass is 10.1. The Kier molecular flexibility index (Phi) is 4.83. The van der Waals surface area contributed by atoms with Crippen LogP contribution in [0, 0.1) is 0 Å². The zero-order chi connectivity index (χ0) is 16.1. The van der Waals surface area contributed by atoms with Crippen LogP contribution in [-0.2, 0) is 11.3 Å². The minimum Gasteiger partial charge on any atom is -0.375 e. The number of guanidine groups is 1. The van der Waals surface area contributed by atoms with Gasteiger partial charge in [-0.05, 0) is 12.5 Å². The number of aliphatic imine (C=N–C) groups is 1. The van der Waals surface area contributed by atoms with Crippen molar-refractivity contribution in [3.8, 4) is 11.1 Å². The quantitative estimate of drug-likeness (QED) is 0.689. The summed E-state index contributed by atoms with van der Waals surface area (Å²) >= 11 is 0. The van der Waals surface area contributed by atoms with Crippen molar-refractivity contribution >= 4 is 5.96 Å². The summed E-state index contributed by atoms with van der Waals surface area (Å²) in [5, 5.41) is 0. The van der Waals surface area contributed by atoms with Gasteiger partial charge in [0.15, 0.2) is 5.96 Å². The Morgan fingerprint density at radius 1 is 1.26 bits per heavy atom. The molecule has 1 saturated heterocycles. The van der Waals surface area contributed by atoms with Crippen LogP contribution in [0.2, 0.25) is 0 Å². The van der Waals surface area contributed by atoms with E-state index >= 15 is 0 Å². The number of rotatable bonds is 3. The van der Waals surface area contributed by atoms with E-state index in [1.807, 2.05) is 54.5 Å². The number of aromatic nitrogens is 2. The molecule has 1 aliphatic rings. The van der Waals surface area contributed by atoms with Crippen molar-refractivity contribution in [2.75, 3.05) is 19.7 Å². The third kappa shape index (κ3) is 4.04. The molecule has 1 unspecified atom stereocenters. The molecule has 2 N–H and O–H groups in total. The first-order chi connectivity index (χ1) is 11.2. The molecule has 2 aromatic rings. The summed E-state index contributed by atoms with van der Waals surface area (Å²) in [5.74, 6) is 1.19. The first kappa shape index (κ1) is 15.4. The minimum absolute atomic E-state index is 0.180. The summed E-state index contributed by atoms with van der Waals surface area (Å²) in [6.07, 6.45) is 3.82. The van der Waals surface area contributed by atoms with Gasteiger partial charge < -0.3 is 15.4 Å². The average Bonchev–Trinajstić information content (AvgIpc) is 2.61. The molecule has 1 atom stereocenters. The largest absolute Gasteiger partial charge is 0.375 e. The van der Waals surface area contributed by atoms with Gasteiger partial charge in [-0.3, -0.25) is 0 Å². The molecule has 120 valence electrons. The second-order valence-corrected chi connectivity index (χ2v) is 5.56. The second-order valence-electron chi connectivity index (χ2n) is 5.56. The number of ether oxygens (including phenoxy) is 1. The predicted molar refractivity (Wildman–Crippen MR) is 89.8 cm³/mol. The zero-order valence-corrected chi connectivity index (χ0v) is 13.2. The van der Waals surface area contributed by atoms with E-state index in [4.69, 9.17) is 10.5 Å². The fourth-order valence-corrected chi connectivity index (χ4v) is 2.49. The fraction of sp³-hybridized carbons (Fsp3) is 0.353. The van der Waals surface area contributed by atoms with E-state index in [1.54, 1.807) is 0 Å². The van der Waals surface area contributed by atoms with Crippen molar-refractivity contribution in [1.82, 2.24) is 14.9 Å². The summed E-state index contributed by atoms with van der Waals surface area (Å²) in [5.41, 5.74) is 8.14. The van der Waals surface area contributed by atoms with Gasteiger partial charge in [0.1, 0.15) is 12.4 Å². The molecule has 2 heterocycles. The molecule has 1 fully saturated rings. The normalized spacial score (nSPS) is 18.9. The monoisotopic (exact) mass is 311 g/mol. The Hall–Kier alpha value is -2.47. The van der Waals surface area contributed by atoms with Crippen molar-refractivity contribution < 1.29 is 4.74 Å². The van der Waals surface area contributed by atoms with Gasteiger partial charge in [-0.15, -0.1) is 0 Å². The smallest absolute Gasteiger partial charge is 0.191 e. The van der Waals surface area contributed by atoms with Gasteiger partial charge in [0.25, 0.3) is 0 Å². The van der Waals surface area contributed by atoms with E-state index in [2.05, 4.69) is 15.0 Å². The van der Waals surface area contributed by atoms with Crippen molar-refractivity contribution in [3.63, 3.8) is 0 Å². The SMILES string of the molecule is CC1CN(C(N)=NCc2ncc(-c3ccccc3)cn2)CCO1. The molecule has 23 heavy (non-hydrogen) atoms. The predicted octanol–water partition coefficient (Wildman–Crippen LogP) is 1.68. The minimum atomic E-state index is 0.180. The van der Waals surface area contributed by atoms with Gasteiger partial charge >= 0.3 is 0 Å². The standard InChI is InChI=1S/C17H21N5O/c1-13-12-22(7-8-23-13)17(18)21-11-16-19-9-15(10-20-16)14-5-3-2-4-6-14/h2-6,9-10,13H,7-8,11-12H2,1H3,(H2,18,21). The molecule has 1 aromatic heterocycles. The first-order valence-corrected chi connectivity index (χ1v) is 7.75. The maximum Gasteiger partial charge on any atom is 0.191 e. The van der Waals surface area contributed by atoms with Gasteiger partial charge in [-0.25, -0.2) is 15.0 Å². The van der Waals surface area contributed by atoms with Crippen molar-refractivity contribution in [3.05, 3.63) is 48.5 Å². The molecule has 0 bridgehead atoms. The van der Waals surface area contributed by atoms with Gasteiger partial charge in [0, 0.05) is 31.0 Å². The topological polar surface area (TPSA) is 76.6 Å². The van der Waals surface area contributed by atoms with Gasteiger partial charge in [-0.1, -0.05) is 30.3 Å². The van der Waals surface area contributed by atoms with Gasteiger partial charge in [0.05, 0.1) is 12.7 Å². The van der Waals surface area contributed by atoms with E-state index in [1.165, 1.54) is 0 Å². The fourth-order valence-electron chi connectivity index (χ4n) is 2.49. The highest BCUT2D eigenvalue weighted by Crippen LogP contribution is 2.16. The Labute approximate surface area is 136 Å². The molecule has 0 spiro atoms. The van der Waals surface area contributed by atoms with Crippen molar-refractivity contribution in [1.29, 1.82) is 0 Å². The van der Waals surface area contributed by atoms with Crippen LogP contribution in [0.15, 0.2) is 47.7 Å². The van der Waals surface area contributed by atoms with E-state index in [0.717, 1.165) is 24.2 Å². The Bertz CT molecular complexity index is 656. The first-order valence-electron chi connectivity index (χ1n) is 7.75. The summed E-state index contributed by atoms with van der Waals surface area (Å²) in [7, 11) is 0. The summed E-state index contributed by atoms with van der Waals surface area (Å²) in [6, 6.07) is 10.1. The van der Waals surface area contributed by atoms with Crippen LogP contribution >= 0.6 is 0 Å². The number of nitrogens with zero attached hydrogens (tertiary/aromatic N) is 4. The van der Waals surface area contributed by atoms with Gasteiger partial charge in [-0.2, -0.15) is 0 Å². The summed E-state index contributed by atoms with van der Waals surface area (Å²) < 4.78 is 5.50. The maximum absolute atomic E-state index is 6.04. The molecule has 1 aliphatic heterocycles. The second kappa shape index (κ2) is 7.19. The van der Waals surface area contributed by atoms with Crippen LogP contribution in [0.3, 0.4) is 0 Å². The van der Waals surface area contributed by atoms with Crippen LogP contribution in [0.1, 0.15) is 12.7 Å². The molecule has 1 aromatic carbocycles. The Morgan fingerprint density at radius 2 is 2.00 bits per heavy atom. The molecule has 6 heteroatoms. The molecule has 0 aliphatic carbocycles. The molecule has 0 saturated carbocycles. The van der Waals surface area contributed by atoms with Crippen molar-refractivity contribution in [2.24, 2.45) is 10.7 Å². The van der Waals surface area contributed by atoms with Crippen molar-refractivity contribution in [2.45, 2.75) is 19.6 Å². The molecular formula is C17H21N5O. The number of hydrogen-bond donors (Lipinski definition) is 1. The highest BCUT2D eigenvalue weighted by molar-refractivity contribution is 5.78. The zero-order valence-electron chi connectivity index (χ0n) is 13.2. The lowest BCUT2D eigenvalue weighted by molar-refractivity contribution is 0.00528. The van der Waals surface area contributed by atoms with Gasteiger partial charge in [0.2, 0.25) is 0 Å². The average molecular weight is 311 g/mol. The number of hydrogen-bond acceptors (Lipinski definition) is 4. The van der Waals surface area contributed by atoms with Crippen LogP contribution < -0.4 is 5.73 Å². The molecule has 0 radical (unpaired) electrons. The van der Waals surface area contributed by atoms with E-state index in [9.17, 15) is 0 Å². The molecule has 0 amide bonds. The third-order valence-electron chi connectivity index (χ3n) is 3.76. The Balaban J connectivity index is 1.63. The molecular weight excluding hydrogens is 290 g/mol. The van der Waals surface area contributed by atoms with Crippen LogP contribution in [-0.4, -0.2) is 46.6 Å². The number of nitrogens with two attached hydrogens (primary N) is 1. The maximum atomic E-state index is 6.04.